The Morgan fingerprint density at radius 3 is 3.17 bits per heavy atom. The van der Waals surface area contributed by atoms with E-state index in [0.29, 0.717) is 23.7 Å². The lowest BCUT2D eigenvalue weighted by Gasteiger charge is -2.21. The quantitative estimate of drug-likeness (QED) is 0.811. The fourth-order valence-corrected chi connectivity index (χ4v) is 2.05. The summed E-state index contributed by atoms with van der Waals surface area (Å²) in [6.07, 6.45) is 3.36. The van der Waals surface area contributed by atoms with Gasteiger partial charge in [0.25, 0.3) is 0 Å². The van der Waals surface area contributed by atoms with Crippen molar-refractivity contribution in [3.05, 3.63) is 42.0 Å². The van der Waals surface area contributed by atoms with E-state index < -0.39 is 0 Å². The van der Waals surface area contributed by atoms with Crippen LogP contribution in [0, 0.1) is 0 Å². The number of ketones is 1. The molecular weight excluding hydrogens is 230 g/mol. The van der Waals surface area contributed by atoms with Crippen molar-refractivity contribution in [2.24, 2.45) is 7.05 Å². The molecule has 0 saturated carbocycles. The minimum absolute atomic E-state index is 0.122. The molecule has 1 aliphatic rings. The summed E-state index contributed by atoms with van der Waals surface area (Å²) in [4.78, 5) is 16.5. The van der Waals surface area contributed by atoms with E-state index in [2.05, 4.69) is 10.3 Å². The van der Waals surface area contributed by atoms with Crippen LogP contribution in [0.4, 0.5) is 5.69 Å². The first kappa shape index (κ1) is 10.8. The highest BCUT2D eigenvalue weighted by molar-refractivity contribution is 6.09. The molecule has 2 aromatic rings. The molecule has 0 saturated heterocycles. The number of hydrogen-bond donors (Lipinski definition) is 1. The Balaban J connectivity index is 2.07. The van der Waals surface area contributed by atoms with E-state index in [9.17, 15) is 4.79 Å². The number of rotatable bonds is 2. The van der Waals surface area contributed by atoms with Gasteiger partial charge in [-0.25, -0.2) is 4.98 Å². The molecule has 1 aromatic heterocycles. The van der Waals surface area contributed by atoms with E-state index in [0.717, 1.165) is 12.2 Å². The van der Waals surface area contributed by atoms with Gasteiger partial charge in [0, 0.05) is 26.0 Å². The summed E-state index contributed by atoms with van der Waals surface area (Å²) in [5.41, 5.74) is 1.41. The minimum Gasteiger partial charge on any atom is -0.489 e. The largest absolute Gasteiger partial charge is 0.489 e. The highest BCUT2D eigenvalue weighted by atomic mass is 16.5. The van der Waals surface area contributed by atoms with Crippen molar-refractivity contribution in [1.29, 1.82) is 0 Å². The second kappa shape index (κ2) is 4.18. The third kappa shape index (κ3) is 1.64. The van der Waals surface area contributed by atoms with Crippen molar-refractivity contribution in [2.75, 3.05) is 18.5 Å². The Kier molecular flexibility index (Phi) is 2.51. The van der Waals surface area contributed by atoms with Crippen LogP contribution in [0.1, 0.15) is 16.2 Å². The average molecular weight is 243 g/mol. The molecule has 5 heteroatoms. The first-order valence-corrected chi connectivity index (χ1v) is 5.79. The zero-order chi connectivity index (χ0) is 12.5. The predicted octanol–water partition coefficient (Wildman–Crippen LogP) is 1.46. The summed E-state index contributed by atoms with van der Waals surface area (Å²) in [6, 6.07) is 5.52. The number of carbonyl (C=O) groups is 1. The van der Waals surface area contributed by atoms with Crippen LogP contribution in [0.15, 0.2) is 30.6 Å². The Morgan fingerprint density at radius 2 is 2.39 bits per heavy atom. The second-order valence-electron chi connectivity index (χ2n) is 4.15. The zero-order valence-electron chi connectivity index (χ0n) is 10.0. The van der Waals surface area contributed by atoms with Crippen molar-refractivity contribution in [3.63, 3.8) is 0 Å². The molecule has 3 rings (SSSR count). The molecule has 0 aliphatic carbocycles. The van der Waals surface area contributed by atoms with E-state index in [1.54, 1.807) is 30.1 Å². The first-order chi connectivity index (χ1) is 8.77. The molecule has 0 bridgehead atoms. The normalized spacial score (nSPS) is 13.4. The maximum absolute atomic E-state index is 12.4. The number of fused-ring (bicyclic) bond motifs is 1. The van der Waals surface area contributed by atoms with Crippen LogP contribution in [-0.2, 0) is 7.05 Å². The summed E-state index contributed by atoms with van der Waals surface area (Å²) >= 11 is 0. The molecule has 18 heavy (non-hydrogen) atoms. The van der Waals surface area contributed by atoms with Crippen molar-refractivity contribution < 1.29 is 9.53 Å². The Morgan fingerprint density at radius 1 is 1.50 bits per heavy atom. The van der Waals surface area contributed by atoms with Gasteiger partial charge in [-0.3, -0.25) is 4.79 Å². The van der Waals surface area contributed by atoms with Gasteiger partial charge in [0.05, 0.1) is 11.3 Å². The number of aromatic nitrogens is 2. The Bertz CT molecular complexity index is 604. The number of para-hydroxylation sites is 1. The molecule has 1 aliphatic heterocycles. The highest BCUT2D eigenvalue weighted by Crippen LogP contribution is 2.32. The maximum Gasteiger partial charge on any atom is 0.232 e. The van der Waals surface area contributed by atoms with Gasteiger partial charge in [0.1, 0.15) is 6.61 Å². The molecular formula is C13H13N3O2. The molecule has 1 N–H and O–H groups in total. The van der Waals surface area contributed by atoms with Crippen LogP contribution >= 0.6 is 0 Å². The number of anilines is 1. The van der Waals surface area contributed by atoms with Crippen LogP contribution < -0.4 is 10.1 Å². The zero-order valence-corrected chi connectivity index (χ0v) is 10.0. The number of benzene rings is 1. The van der Waals surface area contributed by atoms with Gasteiger partial charge in [0.2, 0.25) is 5.78 Å². The second-order valence-corrected chi connectivity index (χ2v) is 4.15. The number of hydrogen-bond acceptors (Lipinski definition) is 4. The van der Waals surface area contributed by atoms with Crippen LogP contribution in [0.3, 0.4) is 0 Å². The molecule has 0 atom stereocenters. The number of nitrogens with one attached hydrogen (secondary N) is 1. The molecule has 1 aromatic carbocycles. The third-order valence-electron chi connectivity index (χ3n) is 2.95. The summed E-state index contributed by atoms with van der Waals surface area (Å²) in [5.74, 6) is 0.914. The Hall–Kier alpha value is -2.30. The lowest BCUT2D eigenvalue weighted by molar-refractivity contribution is 0.102. The van der Waals surface area contributed by atoms with Gasteiger partial charge < -0.3 is 14.6 Å². The van der Waals surface area contributed by atoms with Gasteiger partial charge >= 0.3 is 0 Å². The van der Waals surface area contributed by atoms with E-state index in [1.165, 1.54) is 0 Å². The summed E-state index contributed by atoms with van der Waals surface area (Å²) in [6.45, 7) is 1.32. The van der Waals surface area contributed by atoms with Gasteiger partial charge in [-0.2, -0.15) is 0 Å². The molecule has 5 nitrogen and oxygen atoms in total. The monoisotopic (exact) mass is 243 g/mol. The van der Waals surface area contributed by atoms with Gasteiger partial charge in [-0.05, 0) is 12.1 Å². The number of ether oxygens (including phenoxy) is 1. The van der Waals surface area contributed by atoms with Gasteiger partial charge in [-0.1, -0.05) is 6.07 Å². The van der Waals surface area contributed by atoms with E-state index in [-0.39, 0.29) is 5.78 Å². The third-order valence-corrected chi connectivity index (χ3v) is 2.95. The average Bonchev–Trinajstić information content (AvgIpc) is 2.83. The standard InChI is InChI=1S/C13H13N3O2/c1-16-7-5-15-13(16)11(17)9-3-2-4-10-12(9)18-8-6-14-10/h2-5,7,14H,6,8H2,1H3. The van der Waals surface area contributed by atoms with E-state index >= 15 is 0 Å². The number of carbonyl (C=O) groups excluding carboxylic acids is 1. The molecule has 0 spiro atoms. The summed E-state index contributed by atoms with van der Waals surface area (Å²) < 4.78 is 7.30. The smallest absolute Gasteiger partial charge is 0.232 e. The van der Waals surface area contributed by atoms with Crippen molar-refractivity contribution in [3.8, 4) is 5.75 Å². The van der Waals surface area contributed by atoms with Gasteiger partial charge in [-0.15, -0.1) is 0 Å². The number of imidazole rings is 1. The number of aryl methyl sites for hydroxylation is 1. The lowest BCUT2D eigenvalue weighted by atomic mass is 10.1. The minimum atomic E-state index is -0.122. The summed E-state index contributed by atoms with van der Waals surface area (Å²) in [5, 5.41) is 3.21. The van der Waals surface area contributed by atoms with Crippen molar-refractivity contribution >= 4 is 11.5 Å². The predicted molar refractivity (Wildman–Crippen MR) is 67.1 cm³/mol. The SMILES string of the molecule is Cn1ccnc1C(=O)c1cccc2c1OCCN2. The van der Waals surface area contributed by atoms with Crippen molar-refractivity contribution in [2.45, 2.75) is 0 Å². The lowest BCUT2D eigenvalue weighted by Crippen LogP contribution is -2.20. The maximum atomic E-state index is 12.4. The first-order valence-electron chi connectivity index (χ1n) is 5.79. The fraction of sp³-hybridized carbons (Fsp3) is 0.231. The van der Waals surface area contributed by atoms with Crippen molar-refractivity contribution in [1.82, 2.24) is 9.55 Å². The Labute approximate surface area is 104 Å². The van der Waals surface area contributed by atoms with E-state index in [1.807, 2.05) is 12.1 Å². The molecule has 0 unspecified atom stereocenters. The molecule has 92 valence electrons. The topological polar surface area (TPSA) is 56.2 Å². The number of nitrogens with zero attached hydrogens (tertiary/aromatic N) is 2. The molecule has 2 heterocycles. The van der Waals surface area contributed by atoms with Crippen LogP contribution in [0.25, 0.3) is 0 Å². The fourth-order valence-electron chi connectivity index (χ4n) is 2.05. The van der Waals surface area contributed by atoms with Crippen LogP contribution in [0.2, 0.25) is 0 Å². The highest BCUT2D eigenvalue weighted by Gasteiger charge is 2.22. The van der Waals surface area contributed by atoms with Gasteiger partial charge in [0.15, 0.2) is 11.6 Å². The summed E-state index contributed by atoms with van der Waals surface area (Å²) in [7, 11) is 1.80. The molecule has 0 amide bonds. The van der Waals surface area contributed by atoms with Crippen LogP contribution in [0.5, 0.6) is 5.75 Å². The van der Waals surface area contributed by atoms with Crippen LogP contribution in [-0.4, -0.2) is 28.5 Å². The molecule has 0 fully saturated rings. The molecule has 0 radical (unpaired) electrons. The van der Waals surface area contributed by atoms with E-state index in [4.69, 9.17) is 4.74 Å².